The summed E-state index contributed by atoms with van der Waals surface area (Å²) in [4.78, 5) is 42.8. The van der Waals surface area contributed by atoms with Crippen molar-refractivity contribution >= 4 is 28.6 Å². The Hall–Kier alpha value is -4.46. The molecule has 0 radical (unpaired) electrons. The zero-order valence-corrected chi connectivity index (χ0v) is 21.4. The Balaban J connectivity index is 1.60. The molecule has 1 aromatic heterocycles. The van der Waals surface area contributed by atoms with E-state index in [4.69, 9.17) is 4.42 Å². The van der Waals surface area contributed by atoms with E-state index in [0.717, 1.165) is 0 Å². The van der Waals surface area contributed by atoms with Crippen LogP contribution in [0.2, 0.25) is 0 Å². The Bertz CT molecular complexity index is 1450. The van der Waals surface area contributed by atoms with Crippen molar-refractivity contribution in [1.29, 1.82) is 0 Å². The maximum absolute atomic E-state index is 13.6. The summed E-state index contributed by atoms with van der Waals surface area (Å²) in [5.41, 5.74) is 1.84. The number of hydrogen-bond donors (Lipinski definition) is 1. The molecule has 0 saturated carbocycles. The topological polar surface area (TPSA) is 82.9 Å². The molecule has 3 aromatic carbocycles. The maximum atomic E-state index is 13.6. The van der Waals surface area contributed by atoms with Gasteiger partial charge in [0.25, 0.3) is 0 Å². The first-order valence-electron chi connectivity index (χ1n) is 12.4. The van der Waals surface area contributed by atoms with Crippen molar-refractivity contribution < 1.29 is 18.4 Å². The number of nitrogens with one attached hydrogen (secondary N) is 1. The second-order valence-electron chi connectivity index (χ2n) is 9.53. The summed E-state index contributed by atoms with van der Waals surface area (Å²) in [6.45, 7) is 4.18. The number of para-hydroxylation sites is 2. The highest BCUT2D eigenvalue weighted by Gasteiger charge is 2.24. The lowest BCUT2D eigenvalue weighted by atomic mass is 10.1. The minimum atomic E-state index is -0.398. The van der Waals surface area contributed by atoms with E-state index in [0.29, 0.717) is 34.3 Å². The summed E-state index contributed by atoms with van der Waals surface area (Å²) in [5.74, 6) is -0.629. The molecule has 0 unspecified atom stereocenters. The third kappa shape index (κ3) is 6.85. The van der Waals surface area contributed by atoms with E-state index in [2.05, 4.69) is 5.32 Å². The van der Waals surface area contributed by atoms with Crippen LogP contribution in [0, 0.1) is 11.7 Å². The Morgan fingerprint density at radius 2 is 1.58 bits per heavy atom. The van der Waals surface area contributed by atoms with Crippen LogP contribution in [-0.2, 0) is 17.9 Å². The van der Waals surface area contributed by atoms with E-state index in [1.54, 1.807) is 48.5 Å². The van der Waals surface area contributed by atoms with E-state index in [9.17, 15) is 18.8 Å². The molecule has 196 valence electrons. The average Bonchev–Trinajstić information content (AvgIpc) is 2.91. The van der Waals surface area contributed by atoms with E-state index in [1.807, 2.05) is 32.0 Å². The average molecular weight is 516 g/mol. The van der Waals surface area contributed by atoms with Crippen molar-refractivity contribution in [1.82, 2.24) is 9.80 Å². The highest BCUT2D eigenvalue weighted by atomic mass is 19.1. The number of carbonyl (C=O) groups excluding carboxylic acids is 2. The molecule has 1 heterocycles. The predicted octanol–water partition coefficient (Wildman–Crippen LogP) is 5.65. The highest BCUT2D eigenvalue weighted by Crippen LogP contribution is 2.15. The normalized spacial score (nSPS) is 10.9. The molecule has 0 fully saturated rings. The first-order valence-corrected chi connectivity index (χ1v) is 12.4. The van der Waals surface area contributed by atoms with Crippen molar-refractivity contribution in [3.05, 3.63) is 112 Å². The zero-order valence-electron chi connectivity index (χ0n) is 21.4. The molecule has 0 aliphatic heterocycles. The number of rotatable bonds is 9. The summed E-state index contributed by atoms with van der Waals surface area (Å²) < 4.78 is 19.2. The molecule has 0 aliphatic carbocycles. The molecule has 1 N–H and O–H groups in total. The van der Waals surface area contributed by atoms with Crippen LogP contribution in [0.1, 0.15) is 25.0 Å². The fourth-order valence-corrected chi connectivity index (χ4v) is 4.12. The molecular formula is C30H30FN3O4. The molecule has 0 atom stereocenters. The number of halogens is 1. The van der Waals surface area contributed by atoms with Crippen LogP contribution in [0.15, 0.2) is 94.3 Å². The van der Waals surface area contributed by atoms with Crippen LogP contribution < -0.4 is 10.7 Å². The van der Waals surface area contributed by atoms with Gasteiger partial charge in [0, 0.05) is 18.8 Å². The van der Waals surface area contributed by atoms with Crippen molar-refractivity contribution in [3.8, 4) is 0 Å². The smallest absolute Gasteiger partial charge is 0.322 e. The summed E-state index contributed by atoms with van der Waals surface area (Å²) in [7, 11) is 0. The quantitative estimate of drug-likeness (QED) is 0.312. The molecule has 8 heteroatoms. The van der Waals surface area contributed by atoms with Gasteiger partial charge in [-0.15, -0.1) is 0 Å². The molecule has 4 aromatic rings. The first kappa shape index (κ1) is 26.6. The van der Waals surface area contributed by atoms with Gasteiger partial charge in [-0.2, -0.15) is 0 Å². The Morgan fingerprint density at radius 1 is 0.895 bits per heavy atom. The number of benzene rings is 3. The van der Waals surface area contributed by atoms with Gasteiger partial charge >= 0.3 is 6.03 Å². The predicted molar refractivity (Wildman–Crippen MR) is 145 cm³/mol. The monoisotopic (exact) mass is 515 g/mol. The summed E-state index contributed by atoms with van der Waals surface area (Å²) in [6, 6.07) is 21.3. The summed E-state index contributed by atoms with van der Waals surface area (Å²) in [5, 5.41) is 3.26. The second-order valence-corrected chi connectivity index (χ2v) is 9.53. The number of hydrogen-bond acceptors (Lipinski definition) is 4. The van der Waals surface area contributed by atoms with E-state index in [1.165, 1.54) is 28.2 Å². The van der Waals surface area contributed by atoms with Crippen molar-refractivity contribution in [2.45, 2.75) is 26.9 Å². The van der Waals surface area contributed by atoms with Gasteiger partial charge in [-0.25, -0.2) is 9.18 Å². The lowest BCUT2D eigenvalue weighted by Crippen LogP contribution is -2.45. The van der Waals surface area contributed by atoms with Gasteiger partial charge in [0.15, 0.2) is 5.43 Å². The highest BCUT2D eigenvalue weighted by molar-refractivity contribution is 5.92. The zero-order chi connectivity index (χ0) is 27.1. The molecule has 7 nitrogen and oxygen atoms in total. The molecule has 3 amide bonds. The first-order chi connectivity index (χ1) is 18.3. The SMILES string of the molecule is CC(C)CN(CC(=O)N(Cc1ccc(F)cc1)Cc1coc2ccccc2c1=O)C(=O)Nc1ccccc1. The number of nitrogens with zero attached hydrogens (tertiary/aromatic N) is 2. The van der Waals surface area contributed by atoms with Crippen LogP contribution in [-0.4, -0.2) is 34.8 Å². The van der Waals surface area contributed by atoms with Crippen molar-refractivity contribution in [2.24, 2.45) is 5.92 Å². The fourth-order valence-electron chi connectivity index (χ4n) is 4.12. The van der Waals surface area contributed by atoms with Crippen LogP contribution in [0.5, 0.6) is 0 Å². The molecule has 0 saturated heterocycles. The number of fused-ring (bicyclic) bond motifs is 1. The van der Waals surface area contributed by atoms with Crippen LogP contribution in [0.3, 0.4) is 0 Å². The molecule has 4 rings (SSSR count). The third-order valence-corrected chi connectivity index (χ3v) is 5.98. The number of anilines is 1. The van der Waals surface area contributed by atoms with E-state index < -0.39 is 6.03 Å². The van der Waals surface area contributed by atoms with Crippen LogP contribution in [0.25, 0.3) is 11.0 Å². The van der Waals surface area contributed by atoms with E-state index >= 15 is 0 Å². The third-order valence-electron chi connectivity index (χ3n) is 5.98. The van der Waals surface area contributed by atoms with Gasteiger partial charge in [-0.1, -0.05) is 56.3 Å². The van der Waals surface area contributed by atoms with Crippen molar-refractivity contribution in [2.75, 3.05) is 18.4 Å². The number of urea groups is 1. The second kappa shape index (κ2) is 12.2. The molecule has 0 bridgehead atoms. The molecule has 0 spiro atoms. The lowest BCUT2D eigenvalue weighted by molar-refractivity contribution is -0.133. The minimum Gasteiger partial charge on any atom is -0.464 e. The van der Waals surface area contributed by atoms with Gasteiger partial charge < -0.3 is 19.5 Å². The van der Waals surface area contributed by atoms with Crippen molar-refractivity contribution in [3.63, 3.8) is 0 Å². The standard InChI is InChI=1S/C30H30FN3O4/c1-21(2)16-34(30(37)32-25-8-4-3-5-9-25)19-28(35)33(17-22-12-14-24(31)15-13-22)18-23-20-38-27-11-7-6-10-26(27)29(23)36/h3-15,20-21H,16-19H2,1-2H3,(H,32,37). The largest absolute Gasteiger partial charge is 0.464 e. The van der Waals surface area contributed by atoms with E-state index in [-0.39, 0.29) is 42.7 Å². The molecular weight excluding hydrogens is 485 g/mol. The van der Waals surface area contributed by atoms with Gasteiger partial charge in [0.05, 0.1) is 23.8 Å². The van der Waals surface area contributed by atoms with Gasteiger partial charge in [-0.3, -0.25) is 9.59 Å². The Kier molecular flexibility index (Phi) is 8.53. The van der Waals surface area contributed by atoms with Crippen LogP contribution in [0.4, 0.5) is 14.9 Å². The number of carbonyl (C=O) groups is 2. The van der Waals surface area contributed by atoms with Gasteiger partial charge in [0.1, 0.15) is 17.9 Å². The maximum Gasteiger partial charge on any atom is 0.322 e. The molecule has 38 heavy (non-hydrogen) atoms. The molecule has 0 aliphatic rings. The lowest BCUT2D eigenvalue weighted by Gasteiger charge is -2.29. The van der Waals surface area contributed by atoms with Gasteiger partial charge in [0.2, 0.25) is 5.91 Å². The Labute approximate surface area is 220 Å². The Morgan fingerprint density at radius 3 is 2.29 bits per heavy atom. The fraction of sp³-hybridized carbons (Fsp3) is 0.233. The minimum absolute atomic E-state index is 0.0286. The summed E-state index contributed by atoms with van der Waals surface area (Å²) in [6.07, 6.45) is 1.36. The summed E-state index contributed by atoms with van der Waals surface area (Å²) >= 11 is 0. The number of amides is 3. The van der Waals surface area contributed by atoms with Crippen LogP contribution >= 0.6 is 0 Å². The van der Waals surface area contributed by atoms with Gasteiger partial charge in [-0.05, 0) is 47.9 Å².